The van der Waals surface area contributed by atoms with Crippen molar-refractivity contribution < 1.29 is 19.5 Å². The number of hydrogen-bond acceptors (Lipinski definition) is 6. The van der Waals surface area contributed by atoms with Gasteiger partial charge >= 0.3 is 6.09 Å². The number of oxime groups is 1. The second kappa shape index (κ2) is 7.96. The summed E-state index contributed by atoms with van der Waals surface area (Å²) in [4.78, 5) is 27.2. The van der Waals surface area contributed by atoms with Crippen molar-refractivity contribution in [1.29, 1.82) is 0 Å². The molecule has 0 fully saturated rings. The van der Waals surface area contributed by atoms with Gasteiger partial charge in [-0.15, -0.1) is 0 Å². The van der Waals surface area contributed by atoms with E-state index in [0.717, 1.165) is 11.1 Å². The molecule has 148 valence electrons. The number of benzene rings is 1. The van der Waals surface area contributed by atoms with E-state index in [4.69, 9.17) is 15.7 Å². The lowest BCUT2D eigenvalue weighted by Crippen LogP contribution is -2.48. The molecule has 0 heterocycles. The third-order valence-corrected chi connectivity index (χ3v) is 4.84. The Labute approximate surface area is 159 Å². The van der Waals surface area contributed by atoms with Gasteiger partial charge in [-0.25, -0.2) is 4.79 Å². The minimum absolute atomic E-state index is 0.0219. The Hall–Kier alpha value is -2.61. The zero-order valence-electron chi connectivity index (χ0n) is 16.5. The van der Waals surface area contributed by atoms with Crippen molar-refractivity contribution in [1.82, 2.24) is 9.80 Å². The molecule has 0 saturated heterocycles. The summed E-state index contributed by atoms with van der Waals surface area (Å²) in [7, 11) is 3.82. The van der Waals surface area contributed by atoms with Crippen LogP contribution in [0.25, 0.3) is 0 Å². The highest BCUT2D eigenvalue weighted by molar-refractivity contribution is 5.99. The van der Waals surface area contributed by atoms with Crippen LogP contribution in [0.5, 0.6) is 0 Å². The van der Waals surface area contributed by atoms with Crippen molar-refractivity contribution in [3.8, 4) is 0 Å². The normalized spacial score (nSPS) is 19.7. The molecule has 1 aromatic rings. The molecule has 2 atom stereocenters. The van der Waals surface area contributed by atoms with Gasteiger partial charge in [0.15, 0.2) is 5.84 Å². The van der Waals surface area contributed by atoms with Gasteiger partial charge in [-0.1, -0.05) is 23.4 Å². The summed E-state index contributed by atoms with van der Waals surface area (Å²) < 4.78 is 5.86. The molecule has 8 heteroatoms. The molecule has 0 aliphatic heterocycles. The van der Waals surface area contributed by atoms with E-state index in [0.29, 0.717) is 18.3 Å². The maximum atomic E-state index is 12.8. The van der Waals surface area contributed by atoms with Crippen molar-refractivity contribution in [2.24, 2.45) is 10.9 Å². The molecule has 27 heavy (non-hydrogen) atoms. The van der Waals surface area contributed by atoms with Crippen molar-refractivity contribution in [3.63, 3.8) is 0 Å². The highest BCUT2D eigenvalue weighted by atomic mass is 16.6. The molecular weight excluding hydrogens is 348 g/mol. The number of nitrogens with zero attached hydrogens (tertiary/aromatic N) is 3. The van der Waals surface area contributed by atoms with Gasteiger partial charge in [0.1, 0.15) is 12.4 Å². The monoisotopic (exact) mass is 376 g/mol. The second-order valence-corrected chi connectivity index (χ2v) is 7.85. The third-order valence-electron chi connectivity index (χ3n) is 4.84. The van der Waals surface area contributed by atoms with Gasteiger partial charge in [0, 0.05) is 11.1 Å². The van der Waals surface area contributed by atoms with E-state index in [9.17, 15) is 9.59 Å². The predicted octanol–water partition coefficient (Wildman–Crippen LogP) is 1.74. The summed E-state index contributed by atoms with van der Waals surface area (Å²) in [6, 6.07) is 5.35. The smallest absolute Gasteiger partial charge is 0.411 e. The largest absolute Gasteiger partial charge is 0.439 e. The van der Waals surface area contributed by atoms with Crippen LogP contribution in [0.15, 0.2) is 23.4 Å². The zero-order chi connectivity index (χ0) is 20.4. The fourth-order valence-corrected chi connectivity index (χ4v) is 3.38. The number of aldehydes is 1. The number of ether oxygens (including phenoxy) is 1. The number of carbonyl (C=O) groups excluding carboxylic acids is 2. The molecule has 1 amide bonds. The van der Waals surface area contributed by atoms with E-state index in [2.05, 4.69) is 5.16 Å². The maximum Gasteiger partial charge on any atom is 0.411 e. The van der Waals surface area contributed by atoms with E-state index < -0.39 is 17.7 Å². The Kier molecular flexibility index (Phi) is 6.10. The van der Waals surface area contributed by atoms with Crippen LogP contribution in [0, 0.1) is 0 Å². The Morgan fingerprint density at radius 2 is 2.07 bits per heavy atom. The molecule has 3 N–H and O–H groups in total. The molecule has 0 radical (unpaired) electrons. The standard InChI is InChI=1S/C19H28N4O4/c1-19(2,3)23(9-10-24)18(25)27-16-12-7-6-8-13(17(20)21-26)14(12)11-15(16)22(4)5/h6-8,10,15-16,26H,9,11H2,1-5H3,(H2,20,21)/t15?,16-/m0/s1. The van der Waals surface area contributed by atoms with Crippen LogP contribution in [0.1, 0.15) is 43.6 Å². The van der Waals surface area contributed by atoms with Gasteiger partial charge in [0.05, 0.1) is 12.6 Å². The second-order valence-electron chi connectivity index (χ2n) is 7.85. The number of fused-ring (bicyclic) bond motifs is 1. The Balaban J connectivity index is 2.41. The van der Waals surface area contributed by atoms with Crippen LogP contribution >= 0.6 is 0 Å². The van der Waals surface area contributed by atoms with Crippen molar-refractivity contribution in [3.05, 3.63) is 34.9 Å². The molecule has 0 bridgehead atoms. The Bertz CT molecular complexity index is 740. The fourth-order valence-electron chi connectivity index (χ4n) is 3.38. The van der Waals surface area contributed by atoms with E-state index >= 15 is 0 Å². The molecule has 1 aliphatic carbocycles. The van der Waals surface area contributed by atoms with Gasteiger partial charge < -0.3 is 25.4 Å². The summed E-state index contributed by atoms with van der Waals surface area (Å²) >= 11 is 0. The molecule has 1 aromatic carbocycles. The van der Waals surface area contributed by atoms with Crippen LogP contribution in [0.2, 0.25) is 0 Å². The topological polar surface area (TPSA) is 108 Å². The minimum atomic E-state index is -0.553. The number of amides is 1. The molecule has 0 spiro atoms. The number of hydrogen-bond donors (Lipinski definition) is 2. The van der Waals surface area contributed by atoms with Gasteiger partial charge in [-0.3, -0.25) is 4.90 Å². The predicted molar refractivity (Wildman–Crippen MR) is 102 cm³/mol. The molecular formula is C19H28N4O4. The number of likely N-dealkylation sites (N-methyl/N-ethyl adjacent to an activating group) is 1. The number of rotatable bonds is 5. The van der Waals surface area contributed by atoms with Gasteiger partial charge in [0.2, 0.25) is 0 Å². The minimum Gasteiger partial charge on any atom is -0.439 e. The number of carbonyl (C=O) groups is 2. The summed E-state index contributed by atoms with van der Waals surface area (Å²) in [5.74, 6) is 0.0219. The zero-order valence-corrected chi connectivity index (χ0v) is 16.5. The lowest BCUT2D eigenvalue weighted by molar-refractivity contribution is -0.109. The van der Waals surface area contributed by atoms with Crippen LogP contribution < -0.4 is 5.73 Å². The van der Waals surface area contributed by atoms with E-state index in [1.54, 1.807) is 12.1 Å². The Morgan fingerprint density at radius 3 is 2.59 bits per heavy atom. The first-order valence-electron chi connectivity index (χ1n) is 8.79. The lowest BCUT2D eigenvalue weighted by Gasteiger charge is -2.35. The highest BCUT2D eigenvalue weighted by Crippen LogP contribution is 2.39. The van der Waals surface area contributed by atoms with Crippen LogP contribution in [-0.2, 0) is 16.0 Å². The SMILES string of the molecule is CN(C)C1Cc2c(C(N)=NO)cccc2[C@@H]1OC(=O)N(CC=O)C(C)(C)C. The maximum absolute atomic E-state index is 12.8. The summed E-state index contributed by atoms with van der Waals surface area (Å²) in [6.07, 6.45) is 0.212. The fraction of sp³-hybridized carbons (Fsp3) is 0.526. The molecule has 1 aliphatic rings. The average molecular weight is 376 g/mol. The van der Waals surface area contributed by atoms with E-state index in [1.165, 1.54) is 4.90 Å². The van der Waals surface area contributed by atoms with Gasteiger partial charge in [-0.05, 0) is 52.4 Å². The molecule has 0 saturated carbocycles. The Morgan fingerprint density at radius 1 is 1.41 bits per heavy atom. The number of nitrogens with two attached hydrogens (primary N) is 1. The summed E-state index contributed by atoms with van der Waals surface area (Å²) in [6.45, 7) is 5.50. The van der Waals surface area contributed by atoms with Crippen LogP contribution in [0.4, 0.5) is 4.79 Å². The van der Waals surface area contributed by atoms with E-state index in [1.807, 2.05) is 45.8 Å². The first kappa shape index (κ1) is 20.7. The molecule has 8 nitrogen and oxygen atoms in total. The van der Waals surface area contributed by atoms with Crippen molar-refractivity contribution in [2.45, 2.75) is 44.9 Å². The molecule has 2 rings (SSSR count). The van der Waals surface area contributed by atoms with Crippen molar-refractivity contribution in [2.75, 3.05) is 20.6 Å². The quantitative estimate of drug-likeness (QED) is 0.266. The van der Waals surface area contributed by atoms with E-state index in [-0.39, 0.29) is 18.4 Å². The van der Waals surface area contributed by atoms with Gasteiger partial charge in [0.25, 0.3) is 0 Å². The summed E-state index contributed by atoms with van der Waals surface area (Å²) in [5, 5.41) is 12.2. The number of amidine groups is 1. The highest BCUT2D eigenvalue weighted by Gasteiger charge is 2.40. The molecule has 1 unspecified atom stereocenters. The van der Waals surface area contributed by atoms with Crippen LogP contribution in [-0.4, -0.2) is 65.4 Å². The third kappa shape index (κ3) is 4.21. The first-order chi connectivity index (χ1) is 12.6. The molecule has 0 aromatic heterocycles. The average Bonchev–Trinajstić information content (AvgIpc) is 2.96. The first-order valence-corrected chi connectivity index (χ1v) is 8.79. The summed E-state index contributed by atoms with van der Waals surface area (Å²) in [5.41, 5.74) is 7.60. The lowest BCUT2D eigenvalue weighted by atomic mass is 10.0. The van der Waals surface area contributed by atoms with Crippen LogP contribution in [0.3, 0.4) is 0 Å². The van der Waals surface area contributed by atoms with Gasteiger partial charge in [-0.2, -0.15) is 0 Å². The van der Waals surface area contributed by atoms with Crippen molar-refractivity contribution >= 4 is 18.2 Å².